The molecule has 0 aliphatic rings. The molecule has 108 valence electrons. The van der Waals surface area contributed by atoms with E-state index in [0.717, 1.165) is 16.8 Å². The third-order valence-corrected chi connectivity index (χ3v) is 2.79. The van der Waals surface area contributed by atoms with Crippen LogP contribution in [0.3, 0.4) is 0 Å². The van der Waals surface area contributed by atoms with Crippen molar-refractivity contribution in [1.82, 2.24) is 15.5 Å². The highest BCUT2D eigenvalue weighted by molar-refractivity contribution is 5.63. The number of nitrogens with zero attached hydrogens (tertiary/aromatic N) is 1. The molecule has 0 aliphatic carbocycles. The van der Waals surface area contributed by atoms with E-state index >= 15 is 0 Å². The van der Waals surface area contributed by atoms with Crippen molar-refractivity contribution in [2.75, 3.05) is 0 Å². The largest absolute Gasteiger partial charge is 0.435 e. The Balaban J connectivity index is 2.13. The highest BCUT2D eigenvalue weighted by atomic mass is 19.3. The van der Waals surface area contributed by atoms with Gasteiger partial charge >= 0.3 is 6.61 Å². The van der Waals surface area contributed by atoms with Crippen molar-refractivity contribution in [2.45, 2.75) is 33.0 Å². The lowest BCUT2D eigenvalue weighted by molar-refractivity contribution is -0.0498. The van der Waals surface area contributed by atoms with Gasteiger partial charge in [-0.3, -0.25) is 5.10 Å². The molecular formula is C14H17F2N3O. The van der Waals surface area contributed by atoms with Crippen molar-refractivity contribution in [3.63, 3.8) is 0 Å². The van der Waals surface area contributed by atoms with Crippen LogP contribution >= 0.6 is 0 Å². The number of nitrogens with one attached hydrogen (secondary N) is 2. The van der Waals surface area contributed by atoms with Gasteiger partial charge < -0.3 is 10.1 Å². The predicted octanol–water partition coefficient (Wildman–Crippen LogP) is 3.18. The third kappa shape index (κ3) is 3.77. The van der Waals surface area contributed by atoms with Gasteiger partial charge in [0.15, 0.2) is 0 Å². The second-order valence-corrected chi connectivity index (χ2v) is 4.71. The number of aromatic amines is 1. The van der Waals surface area contributed by atoms with E-state index in [2.05, 4.69) is 34.1 Å². The van der Waals surface area contributed by atoms with Crippen molar-refractivity contribution in [1.29, 1.82) is 0 Å². The van der Waals surface area contributed by atoms with Gasteiger partial charge in [0.25, 0.3) is 0 Å². The first-order valence-corrected chi connectivity index (χ1v) is 6.37. The van der Waals surface area contributed by atoms with Gasteiger partial charge in [0.1, 0.15) is 5.75 Å². The van der Waals surface area contributed by atoms with E-state index in [-0.39, 0.29) is 5.75 Å². The molecule has 2 N–H and O–H groups in total. The van der Waals surface area contributed by atoms with Crippen LogP contribution in [0.1, 0.15) is 19.4 Å². The first-order valence-electron chi connectivity index (χ1n) is 6.37. The molecule has 0 fully saturated rings. The van der Waals surface area contributed by atoms with Gasteiger partial charge in [0, 0.05) is 23.7 Å². The Morgan fingerprint density at radius 3 is 2.55 bits per heavy atom. The van der Waals surface area contributed by atoms with E-state index in [4.69, 9.17) is 0 Å². The summed E-state index contributed by atoms with van der Waals surface area (Å²) in [5.74, 6) is 0.144. The third-order valence-electron chi connectivity index (χ3n) is 2.79. The maximum atomic E-state index is 12.1. The molecule has 0 unspecified atom stereocenters. The summed E-state index contributed by atoms with van der Waals surface area (Å²) in [6.45, 7) is 2.02. The molecule has 0 radical (unpaired) electrons. The lowest BCUT2D eigenvalue weighted by Crippen LogP contribution is -2.21. The second kappa shape index (κ2) is 6.47. The van der Waals surface area contributed by atoms with Crippen molar-refractivity contribution >= 4 is 0 Å². The molecule has 0 saturated carbocycles. The van der Waals surface area contributed by atoms with Crippen LogP contribution in [0.5, 0.6) is 5.75 Å². The molecule has 0 atom stereocenters. The second-order valence-electron chi connectivity index (χ2n) is 4.71. The highest BCUT2D eigenvalue weighted by Gasteiger charge is 2.09. The summed E-state index contributed by atoms with van der Waals surface area (Å²) in [7, 11) is 0. The van der Waals surface area contributed by atoms with Crippen LogP contribution in [-0.4, -0.2) is 22.9 Å². The lowest BCUT2D eigenvalue weighted by atomic mass is 10.1. The topological polar surface area (TPSA) is 49.9 Å². The minimum atomic E-state index is -2.81. The molecule has 0 spiro atoms. The number of benzene rings is 1. The van der Waals surface area contributed by atoms with Crippen LogP contribution in [0.25, 0.3) is 11.3 Å². The Morgan fingerprint density at radius 1 is 1.25 bits per heavy atom. The van der Waals surface area contributed by atoms with E-state index in [0.29, 0.717) is 12.6 Å². The normalized spacial score (nSPS) is 11.3. The number of hydrogen-bond donors (Lipinski definition) is 2. The van der Waals surface area contributed by atoms with Crippen LogP contribution < -0.4 is 10.1 Å². The molecule has 2 rings (SSSR count). The SMILES string of the molecule is CC(C)NCc1cn[nH]c1-c1ccc(OC(F)F)cc1. The first kappa shape index (κ1) is 14.5. The fourth-order valence-corrected chi connectivity index (χ4v) is 1.81. The average molecular weight is 281 g/mol. The zero-order chi connectivity index (χ0) is 14.5. The van der Waals surface area contributed by atoms with E-state index in [1.807, 2.05) is 0 Å². The summed E-state index contributed by atoms with van der Waals surface area (Å²) < 4.78 is 28.5. The average Bonchev–Trinajstić information content (AvgIpc) is 2.85. The van der Waals surface area contributed by atoms with Gasteiger partial charge in [-0.05, 0) is 24.3 Å². The standard InChI is InChI=1S/C14H17F2N3O/c1-9(2)17-7-11-8-18-19-13(11)10-3-5-12(6-4-10)20-14(15)16/h3-6,8-9,14,17H,7H2,1-2H3,(H,18,19). The fraction of sp³-hybridized carbons (Fsp3) is 0.357. The summed E-state index contributed by atoms with van der Waals surface area (Å²) >= 11 is 0. The molecule has 0 bridgehead atoms. The summed E-state index contributed by atoms with van der Waals surface area (Å²) in [5.41, 5.74) is 2.78. The summed E-state index contributed by atoms with van der Waals surface area (Å²) in [5, 5.41) is 10.3. The van der Waals surface area contributed by atoms with Gasteiger partial charge in [-0.2, -0.15) is 13.9 Å². The number of rotatable bonds is 6. The Kier molecular flexibility index (Phi) is 4.68. The number of halogens is 2. The van der Waals surface area contributed by atoms with Crippen molar-refractivity contribution in [2.24, 2.45) is 0 Å². The molecule has 0 amide bonds. The smallest absolute Gasteiger partial charge is 0.387 e. The van der Waals surface area contributed by atoms with Crippen molar-refractivity contribution in [3.8, 4) is 17.0 Å². The van der Waals surface area contributed by atoms with Crippen LogP contribution in [0.4, 0.5) is 8.78 Å². The Labute approximate surface area is 116 Å². The Hall–Kier alpha value is -1.95. The van der Waals surface area contributed by atoms with Gasteiger partial charge in [0.05, 0.1) is 11.9 Å². The van der Waals surface area contributed by atoms with E-state index in [9.17, 15) is 8.78 Å². The van der Waals surface area contributed by atoms with Gasteiger partial charge in [-0.15, -0.1) is 0 Å². The number of H-pyrrole nitrogens is 1. The first-order chi connectivity index (χ1) is 9.56. The molecule has 6 heteroatoms. The number of hydrogen-bond acceptors (Lipinski definition) is 3. The van der Waals surface area contributed by atoms with Gasteiger partial charge in [0.2, 0.25) is 0 Å². The number of alkyl halides is 2. The number of ether oxygens (including phenoxy) is 1. The van der Waals surface area contributed by atoms with E-state index < -0.39 is 6.61 Å². The maximum absolute atomic E-state index is 12.1. The Bertz CT molecular complexity index is 538. The van der Waals surface area contributed by atoms with Gasteiger partial charge in [-0.25, -0.2) is 0 Å². The zero-order valence-corrected chi connectivity index (χ0v) is 11.4. The summed E-state index contributed by atoms with van der Waals surface area (Å²) in [6, 6.07) is 6.86. The molecule has 1 aromatic carbocycles. The van der Waals surface area contributed by atoms with Crippen molar-refractivity contribution in [3.05, 3.63) is 36.0 Å². The quantitative estimate of drug-likeness (QED) is 0.855. The van der Waals surface area contributed by atoms with E-state index in [1.54, 1.807) is 18.3 Å². The molecule has 4 nitrogen and oxygen atoms in total. The minimum absolute atomic E-state index is 0.144. The van der Waals surface area contributed by atoms with Crippen LogP contribution in [0.15, 0.2) is 30.5 Å². The van der Waals surface area contributed by atoms with E-state index in [1.165, 1.54) is 12.1 Å². The number of aromatic nitrogens is 2. The minimum Gasteiger partial charge on any atom is -0.435 e. The fourth-order valence-electron chi connectivity index (χ4n) is 1.81. The van der Waals surface area contributed by atoms with Crippen LogP contribution in [-0.2, 0) is 6.54 Å². The highest BCUT2D eigenvalue weighted by Crippen LogP contribution is 2.24. The molecule has 20 heavy (non-hydrogen) atoms. The molecule has 1 aromatic heterocycles. The maximum Gasteiger partial charge on any atom is 0.387 e. The molecule has 2 aromatic rings. The monoisotopic (exact) mass is 281 g/mol. The predicted molar refractivity (Wildman–Crippen MR) is 72.6 cm³/mol. The Morgan fingerprint density at radius 2 is 1.95 bits per heavy atom. The summed E-state index contributed by atoms with van der Waals surface area (Å²) in [4.78, 5) is 0. The molecule has 0 aliphatic heterocycles. The molecular weight excluding hydrogens is 264 g/mol. The van der Waals surface area contributed by atoms with Crippen LogP contribution in [0.2, 0.25) is 0 Å². The lowest BCUT2D eigenvalue weighted by Gasteiger charge is -2.09. The summed E-state index contributed by atoms with van der Waals surface area (Å²) in [6.07, 6.45) is 1.76. The molecule has 1 heterocycles. The molecule has 0 saturated heterocycles. The van der Waals surface area contributed by atoms with Gasteiger partial charge in [-0.1, -0.05) is 13.8 Å². The van der Waals surface area contributed by atoms with Crippen LogP contribution in [0, 0.1) is 0 Å². The zero-order valence-electron chi connectivity index (χ0n) is 11.4. The van der Waals surface area contributed by atoms with Crippen molar-refractivity contribution < 1.29 is 13.5 Å².